The van der Waals surface area contributed by atoms with Crippen LogP contribution in [0.3, 0.4) is 0 Å². The third-order valence-electron chi connectivity index (χ3n) is 4.71. The Morgan fingerprint density at radius 3 is 1.93 bits per heavy atom. The summed E-state index contributed by atoms with van der Waals surface area (Å²) in [5, 5.41) is 2.75. The molecule has 0 bridgehead atoms. The molecule has 0 radical (unpaired) electrons. The number of nitrogens with zero attached hydrogens (tertiary/aromatic N) is 5. The minimum Gasteiger partial charge on any atom is -0.341 e. The zero-order chi connectivity index (χ0) is 18.5. The molecule has 2 aliphatic heterocycles. The molecule has 4 rings (SSSR count). The molecule has 1 aromatic heterocycles. The molecule has 2 fully saturated rings. The van der Waals surface area contributed by atoms with Crippen molar-refractivity contribution >= 4 is 29.6 Å². The Kier molecular flexibility index (Phi) is 5.17. The van der Waals surface area contributed by atoms with Gasteiger partial charge in [0.1, 0.15) is 0 Å². The molecule has 3 heterocycles. The minimum atomic E-state index is -0.382. The van der Waals surface area contributed by atoms with Crippen molar-refractivity contribution in [3.63, 3.8) is 0 Å². The number of carbonyl (C=O) groups is 1. The zero-order valence-electron chi connectivity index (χ0n) is 15.2. The van der Waals surface area contributed by atoms with Crippen LogP contribution < -0.4 is 26.0 Å². The maximum atomic E-state index is 12.1. The van der Waals surface area contributed by atoms with Crippen LogP contribution >= 0.6 is 0 Å². The fourth-order valence-electron chi connectivity index (χ4n) is 3.32. The fraction of sp³-hybridized carbons (Fsp3) is 0.444. The number of hydrazine groups is 1. The number of urea groups is 1. The molecule has 2 amide bonds. The highest BCUT2D eigenvalue weighted by Gasteiger charge is 2.21. The summed E-state index contributed by atoms with van der Waals surface area (Å²) in [6.45, 7) is 3.80. The molecule has 9 heteroatoms. The van der Waals surface area contributed by atoms with E-state index < -0.39 is 0 Å². The lowest BCUT2D eigenvalue weighted by Crippen LogP contribution is -2.35. The van der Waals surface area contributed by atoms with E-state index in [2.05, 4.69) is 40.9 Å². The number of nitrogens with one attached hydrogen (secondary N) is 3. The van der Waals surface area contributed by atoms with E-state index in [0.29, 0.717) is 23.5 Å². The topological polar surface area (TPSA) is 98.3 Å². The Hall–Kier alpha value is -3.10. The molecular weight excluding hydrogens is 344 g/mol. The van der Waals surface area contributed by atoms with E-state index >= 15 is 0 Å². The molecule has 2 aliphatic rings. The van der Waals surface area contributed by atoms with E-state index in [1.165, 1.54) is 0 Å². The van der Waals surface area contributed by atoms with Gasteiger partial charge in [-0.1, -0.05) is 18.2 Å². The van der Waals surface area contributed by atoms with Gasteiger partial charge >= 0.3 is 6.03 Å². The van der Waals surface area contributed by atoms with Gasteiger partial charge in [0.05, 0.1) is 0 Å². The first-order chi connectivity index (χ1) is 13.3. The van der Waals surface area contributed by atoms with E-state index in [9.17, 15) is 4.79 Å². The predicted octanol–water partition coefficient (Wildman–Crippen LogP) is 2.22. The smallest absolute Gasteiger partial charge is 0.337 e. The van der Waals surface area contributed by atoms with Crippen molar-refractivity contribution in [1.82, 2.24) is 20.4 Å². The van der Waals surface area contributed by atoms with Crippen LogP contribution in [0.15, 0.2) is 30.3 Å². The van der Waals surface area contributed by atoms with Gasteiger partial charge in [-0.15, -0.1) is 0 Å². The van der Waals surface area contributed by atoms with Crippen LogP contribution in [-0.2, 0) is 0 Å². The molecule has 0 spiro atoms. The molecule has 0 saturated carbocycles. The first kappa shape index (κ1) is 17.3. The third-order valence-corrected chi connectivity index (χ3v) is 4.71. The van der Waals surface area contributed by atoms with Gasteiger partial charge in [0.15, 0.2) is 0 Å². The molecule has 0 aliphatic carbocycles. The average molecular weight is 368 g/mol. The molecule has 0 unspecified atom stereocenters. The summed E-state index contributed by atoms with van der Waals surface area (Å²) in [5.74, 6) is 1.67. The van der Waals surface area contributed by atoms with E-state index in [1.54, 1.807) is 0 Å². The van der Waals surface area contributed by atoms with Gasteiger partial charge in [0.2, 0.25) is 17.8 Å². The maximum absolute atomic E-state index is 12.1. The Balaban J connectivity index is 1.46. The van der Waals surface area contributed by atoms with Crippen molar-refractivity contribution in [1.29, 1.82) is 0 Å². The summed E-state index contributed by atoms with van der Waals surface area (Å²) in [6.07, 6.45) is 4.58. The number of benzene rings is 1. The van der Waals surface area contributed by atoms with Crippen LogP contribution in [0.2, 0.25) is 0 Å². The number of carbonyl (C=O) groups excluding carboxylic acids is 1. The van der Waals surface area contributed by atoms with Gasteiger partial charge < -0.3 is 15.1 Å². The second-order valence-electron chi connectivity index (χ2n) is 6.72. The highest BCUT2D eigenvalue weighted by molar-refractivity contribution is 5.89. The summed E-state index contributed by atoms with van der Waals surface area (Å²) in [6, 6.07) is 8.87. The highest BCUT2D eigenvalue weighted by Crippen LogP contribution is 2.22. The summed E-state index contributed by atoms with van der Waals surface area (Å²) < 4.78 is 0. The van der Waals surface area contributed by atoms with Crippen LogP contribution in [0.25, 0.3) is 0 Å². The Morgan fingerprint density at radius 1 is 0.815 bits per heavy atom. The minimum absolute atomic E-state index is 0.344. The van der Waals surface area contributed by atoms with Gasteiger partial charge in [-0.25, -0.2) is 10.2 Å². The molecule has 2 saturated heterocycles. The van der Waals surface area contributed by atoms with Gasteiger partial charge in [-0.2, -0.15) is 15.0 Å². The van der Waals surface area contributed by atoms with E-state index in [0.717, 1.165) is 51.9 Å². The van der Waals surface area contributed by atoms with Crippen LogP contribution in [0, 0.1) is 0 Å². The number of hydrogen-bond donors (Lipinski definition) is 3. The largest absolute Gasteiger partial charge is 0.341 e. The Morgan fingerprint density at radius 2 is 1.37 bits per heavy atom. The number of rotatable bonds is 5. The van der Waals surface area contributed by atoms with Crippen LogP contribution in [0.5, 0.6) is 0 Å². The van der Waals surface area contributed by atoms with Crippen LogP contribution in [0.4, 0.5) is 28.3 Å². The molecule has 0 atom stereocenters. The maximum Gasteiger partial charge on any atom is 0.337 e. The molecule has 27 heavy (non-hydrogen) atoms. The summed E-state index contributed by atoms with van der Waals surface area (Å²) in [4.78, 5) is 30.0. The Labute approximate surface area is 158 Å². The van der Waals surface area contributed by atoms with Crippen molar-refractivity contribution in [3.05, 3.63) is 30.3 Å². The monoisotopic (exact) mass is 368 g/mol. The number of anilines is 4. The lowest BCUT2D eigenvalue weighted by Gasteiger charge is -2.20. The second-order valence-corrected chi connectivity index (χ2v) is 6.72. The number of hydrogen-bond acceptors (Lipinski definition) is 7. The molecule has 3 N–H and O–H groups in total. The van der Waals surface area contributed by atoms with E-state index in [-0.39, 0.29) is 6.03 Å². The normalized spacial score (nSPS) is 16.4. The molecule has 9 nitrogen and oxygen atoms in total. The highest BCUT2D eigenvalue weighted by atomic mass is 16.2. The summed E-state index contributed by atoms with van der Waals surface area (Å²) >= 11 is 0. The van der Waals surface area contributed by atoms with Gasteiger partial charge in [-0.3, -0.25) is 5.43 Å². The predicted molar refractivity (Wildman–Crippen MR) is 105 cm³/mol. The zero-order valence-corrected chi connectivity index (χ0v) is 15.2. The SMILES string of the molecule is O=C(NNc1nc(N2CCCC2)nc(N2CCCC2)n1)Nc1ccccc1. The third kappa shape index (κ3) is 4.36. The molecule has 2 aromatic rings. The standard InChI is InChI=1S/C18H24N8O/c27-18(19-14-8-2-1-3-9-14)24-23-15-20-16(25-10-4-5-11-25)22-17(21-15)26-12-6-7-13-26/h1-3,8-9H,4-7,10-13H2,(H2,19,24,27)(H,20,21,22,23). The first-order valence-electron chi connectivity index (χ1n) is 9.42. The molecule has 142 valence electrons. The molecular formula is C18H24N8O. The Bertz CT molecular complexity index is 738. The quantitative estimate of drug-likeness (QED) is 0.696. The number of para-hydroxylation sites is 1. The van der Waals surface area contributed by atoms with Gasteiger partial charge in [-0.05, 0) is 37.8 Å². The van der Waals surface area contributed by atoms with Crippen molar-refractivity contribution in [2.75, 3.05) is 46.7 Å². The lowest BCUT2D eigenvalue weighted by molar-refractivity contribution is 0.253. The van der Waals surface area contributed by atoms with Crippen molar-refractivity contribution in [2.45, 2.75) is 25.7 Å². The van der Waals surface area contributed by atoms with Crippen LogP contribution in [0.1, 0.15) is 25.7 Å². The van der Waals surface area contributed by atoms with Crippen molar-refractivity contribution in [3.8, 4) is 0 Å². The van der Waals surface area contributed by atoms with Crippen molar-refractivity contribution < 1.29 is 4.79 Å². The summed E-state index contributed by atoms with van der Waals surface area (Å²) in [7, 11) is 0. The number of amides is 2. The van der Waals surface area contributed by atoms with E-state index in [1.807, 2.05) is 30.3 Å². The van der Waals surface area contributed by atoms with E-state index in [4.69, 9.17) is 0 Å². The summed E-state index contributed by atoms with van der Waals surface area (Å²) in [5.41, 5.74) is 6.12. The number of aromatic nitrogens is 3. The lowest BCUT2D eigenvalue weighted by atomic mass is 10.3. The fourth-order valence-corrected chi connectivity index (χ4v) is 3.32. The van der Waals surface area contributed by atoms with Gasteiger partial charge in [0.25, 0.3) is 0 Å². The second kappa shape index (κ2) is 8.07. The average Bonchev–Trinajstić information content (AvgIpc) is 3.41. The molecule has 1 aromatic carbocycles. The van der Waals surface area contributed by atoms with Crippen LogP contribution in [-0.4, -0.2) is 47.2 Å². The first-order valence-corrected chi connectivity index (χ1v) is 9.42. The van der Waals surface area contributed by atoms with Crippen molar-refractivity contribution in [2.24, 2.45) is 0 Å². The van der Waals surface area contributed by atoms with Gasteiger partial charge in [0, 0.05) is 31.9 Å².